The quantitative estimate of drug-likeness (QED) is 0.261. The SMILES string of the molecule is CCc1ccccc1NC(=O)CN1C(=O)N/C(=C/c2ccc(OCC(=O)Nc3ccc(C)cc3)c(OC)c2)C1=O. The van der Waals surface area contributed by atoms with Crippen molar-refractivity contribution in [3.05, 3.63) is 89.1 Å². The number of methoxy groups -OCH3 is 1. The molecule has 0 radical (unpaired) electrons. The predicted octanol–water partition coefficient (Wildman–Crippen LogP) is 4.11. The van der Waals surface area contributed by atoms with Crippen LogP contribution in [-0.2, 0) is 20.8 Å². The molecule has 4 rings (SSSR count). The summed E-state index contributed by atoms with van der Waals surface area (Å²) in [6.45, 7) is 3.26. The normalized spacial score (nSPS) is 13.7. The molecule has 3 aromatic rings. The van der Waals surface area contributed by atoms with E-state index in [1.165, 1.54) is 13.2 Å². The van der Waals surface area contributed by atoms with E-state index in [9.17, 15) is 19.2 Å². The maximum absolute atomic E-state index is 12.9. The van der Waals surface area contributed by atoms with Crippen molar-refractivity contribution in [1.29, 1.82) is 0 Å². The molecule has 10 heteroatoms. The van der Waals surface area contributed by atoms with Crippen LogP contribution >= 0.6 is 0 Å². The third-order valence-corrected chi connectivity index (χ3v) is 6.13. The number of hydrogen-bond acceptors (Lipinski definition) is 6. The number of para-hydroxylation sites is 1. The van der Waals surface area contributed by atoms with Gasteiger partial charge in [-0.2, -0.15) is 0 Å². The lowest BCUT2D eigenvalue weighted by molar-refractivity contribution is -0.127. The minimum atomic E-state index is -0.693. The smallest absolute Gasteiger partial charge is 0.329 e. The standard InChI is InChI=1S/C30H30N4O6/c1-4-21-7-5-6-8-23(21)32-27(35)17-34-29(37)24(33-30(34)38)15-20-11-14-25(26(16-20)39-3)40-18-28(36)31-22-12-9-19(2)10-13-22/h5-16H,4,17-18H2,1-3H3,(H,31,36)(H,32,35)(H,33,38)/b24-15+. The van der Waals surface area contributed by atoms with Crippen molar-refractivity contribution in [2.45, 2.75) is 20.3 Å². The summed E-state index contributed by atoms with van der Waals surface area (Å²) in [4.78, 5) is 51.1. The summed E-state index contributed by atoms with van der Waals surface area (Å²) in [5.41, 5.74) is 3.88. The van der Waals surface area contributed by atoms with Crippen LogP contribution in [0.1, 0.15) is 23.6 Å². The van der Waals surface area contributed by atoms with Crippen LogP contribution in [0.3, 0.4) is 0 Å². The molecule has 3 N–H and O–H groups in total. The first-order valence-electron chi connectivity index (χ1n) is 12.7. The van der Waals surface area contributed by atoms with E-state index in [2.05, 4.69) is 16.0 Å². The second-order valence-electron chi connectivity index (χ2n) is 9.05. The Morgan fingerprint density at radius 3 is 2.42 bits per heavy atom. The topological polar surface area (TPSA) is 126 Å². The highest BCUT2D eigenvalue weighted by Gasteiger charge is 2.35. The van der Waals surface area contributed by atoms with Gasteiger partial charge in [-0.3, -0.25) is 14.4 Å². The summed E-state index contributed by atoms with van der Waals surface area (Å²) >= 11 is 0. The molecule has 40 heavy (non-hydrogen) atoms. The molecule has 1 aliphatic heterocycles. The number of anilines is 2. The van der Waals surface area contributed by atoms with Gasteiger partial charge >= 0.3 is 6.03 Å². The largest absolute Gasteiger partial charge is 0.493 e. The first-order valence-corrected chi connectivity index (χ1v) is 12.7. The number of ether oxygens (including phenoxy) is 2. The van der Waals surface area contributed by atoms with Crippen LogP contribution in [0.15, 0.2) is 72.4 Å². The summed E-state index contributed by atoms with van der Waals surface area (Å²) < 4.78 is 11.0. The number of rotatable bonds is 10. The molecule has 0 atom stereocenters. The fourth-order valence-corrected chi connectivity index (χ4v) is 4.04. The number of hydrogen-bond donors (Lipinski definition) is 3. The average Bonchev–Trinajstić information content (AvgIpc) is 3.20. The zero-order valence-electron chi connectivity index (χ0n) is 22.4. The van der Waals surface area contributed by atoms with Crippen molar-refractivity contribution in [2.24, 2.45) is 0 Å². The molecule has 5 amide bonds. The van der Waals surface area contributed by atoms with Gasteiger partial charge < -0.3 is 25.4 Å². The van der Waals surface area contributed by atoms with Gasteiger partial charge in [0.2, 0.25) is 5.91 Å². The molecule has 0 spiro atoms. The van der Waals surface area contributed by atoms with Crippen molar-refractivity contribution < 1.29 is 28.7 Å². The van der Waals surface area contributed by atoms with E-state index >= 15 is 0 Å². The van der Waals surface area contributed by atoms with Gasteiger partial charge in [-0.25, -0.2) is 9.69 Å². The second kappa shape index (κ2) is 12.6. The van der Waals surface area contributed by atoms with E-state index in [0.29, 0.717) is 28.4 Å². The van der Waals surface area contributed by atoms with Crippen LogP contribution in [0.2, 0.25) is 0 Å². The number of aryl methyl sites for hydroxylation is 2. The summed E-state index contributed by atoms with van der Waals surface area (Å²) in [6.07, 6.45) is 2.20. The van der Waals surface area contributed by atoms with Crippen LogP contribution in [0, 0.1) is 6.92 Å². The summed E-state index contributed by atoms with van der Waals surface area (Å²) in [6, 6.07) is 18.9. The number of carbonyl (C=O) groups excluding carboxylic acids is 4. The highest BCUT2D eigenvalue weighted by atomic mass is 16.5. The molecule has 0 aromatic heterocycles. The number of nitrogens with zero attached hydrogens (tertiary/aromatic N) is 1. The molecule has 1 saturated heterocycles. The first kappa shape index (κ1) is 27.9. The van der Waals surface area contributed by atoms with E-state index < -0.39 is 24.4 Å². The molecule has 0 bridgehead atoms. The zero-order valence-corrected chi connectivity index (χ0v) is 22.4. The molecule has 1 heterocycles. The van der Waals surface area contributed by atoms with Crippen LogP contribution in [0.4, 0.5) is 16.2 Å². The fourth-order valence-electron chi connectivity index (χ4n) is 4.04. The van der Waals surface area contributed by atoms with Crippen molar-refractivity contribution in [2.75, 3.05) is 30.9 Å². The van der Waals surface area contributed by atoms with Gasteiger partial charge in [-0.15, -0.1) is 0 Å². The minimum absolute atomic E-state index is 0.0138. The lowest BCUT2D eigenvalue weighted by Crippen LogP contribution is -2.38. The molecular weight excluding hydrogens is 512 g/mol. The molecular formula is C30H30N4O6. The van der Waals surface area contributed by atoms with Gasteiger partial charge in [-0.05, 0) is 60.9 Å². The average molecular weight is 543 g/mol. The number of imide groups is 1. The van der Waals surface area contributed by atoms with E-state index in [1.54, 1.807) is 42.5 Å². The third-order valence-electron chi connectivity index (χ3n) is 6.13. The molecule has 3 aromatic carbocycles. The molecule has 1 aliphatic rings. The van der Waals surface area contributed by atoms with Crippen LogP contribution in [-0.4, -0.2) is 48.9 Å². The van der Waals surface area contributed by atoms with Crippen molar-refractivity contribution >= 4 is 41.2 Å². The summed E-state index contributed by atoms with van der Waals surface area (Å²) in [5.74, 6) is -0.786. The van der Waals surface area contributed by atoms with E-state index in [0.717, 1.165) is 22.4 Å². The van der Waals surface area contributed by atoms with Gasteiger partial charge in [0.1, 0.15) is 12.2 Å². The van der Waals surface area contributed by atoms with Gasteiger partial charge in [-0.1, -0.05) is 48.9 Å². The van der Waals surface area contributed by atoms with E-state index in [4.69, 9.17) is 9.47 Å². The van der Waals surface area contributed by atoms with E-state index in [1.807, 2.05) is 38.1 Å². The Morgan fingerprint density at radius 2 is 1.70 bits per heavy atom. The summed E-state index contributed by atoms with van der Waals surface area (Å²) in [7, 11) is 1.45. The van der Waals surface area contributed by atoms with Crippen LogP contribution in [0.5, 0.6) is 11.5 Å². The highest BCUT2D eigenvalue weighted by molar-refractivity contribution is 6.16. The fraction of sp³-hybridized carbons (Fsp3) is 0.200. The van der Waals surface area contributed by atoms with Gasteiger partial charge in [0.25, 0.3) is 11.8 Å². The number of carbonyl (C=O) groups is 4. The number of amides is 5. The lowest BCUT2D eigenvalue weighted by atomic mass is 10.1. The Morgan fingerprint density at radius 1 is 0.950 bits per heavy atom. The van der Waals surface area contributed by atoms with E-state index in [-0.39, 0.29) is 18.2 Å². The first-order chi connectivity index (χ1) is 19.3. The van der Waals surface area contributed by atoms with Crippen molar-refractivity contribution in [3.63, 3.8) is 0 Å². The Labute approximate surface area is 232 Å². The van der Waals surface area contributed by atoms with Crippen molar-refractivity contribution in [1.82, 2.24) is 10.2 Å². The predicted molar refractivity (Wildman–Crippen MR) is 151 cm³/mol. The van der Waals surface area contributed by atoms with Crippen molar-refractivity contribution in [3.8, 4) is 11.5 Å². The minimum Gasteiger partial charge on any atom is -0.493 e. The highest BCUT2D eigenvalue weighted by Crippen LogP contribution is 2.29. The molecule has 10 nitrogen and oxygen atoms in total. The van der Waals surface area contributed by atoms with Crippen LogP contribution in [0.25, 0.3) is 6.08 Å². The molecule has 0 aliphatic carbocycles. The Balaban J connectivity index is 1.38. The number of urea groups is 1. The zero-order chi connectivity index (χ0) is 28.6. The molecule has 0 unspecified atom stereocenters. The lowest BCUT2D eigenvalue weighted by Gasteiger charge is -2.13. The van der Waals surface area contributed by atoms with Gasteiger partial charge in [0, 0.05) is 11.4 Å². The van der Waals surface area contributed by atoms with Crippen LogP contribution < -0.4 is 25.4 Å². The Kier molecular flexibility index (Phi) is 8.80. The number of nitrogens with one attached hydrogen (secondary N) is 3. The number of benzene rings is 3. The third kappa shape index (κ3) is 6.84. The Hall–Kier alpha value is -5.12. The molecule has 0 saturated carbocycles. The van der Waals surface area contributed by atoms with Gasteiger partial charge in [0.15, 0.2) is 18.1 Å². The molecule has 1 fully saturated rings. The summed E-state index contributed by atoms with van der Waals surface area (Å²) in [5, 5.41) is 8.02. The van der Waals surface area contributed by atoms with Gasteiger partial charge in [0.05, 0.1) is 7.11 Å². The Bertz CT molecular complexity index is 1470. The maximum Gasteiger partial charge on any atom is 0.329 e. The monoisotopic (exact) mass is 542 g/mol. The second-order valence-corrected chi connectivity index (χ2v) is 9.05. The molecule has 206 valence electrons. The maximum atomic E-state index is 12.9.